The Morgan fingerprint density at radius 3 is 2.90 bits per heavy atom. The Balaban J connectivity index is 1.60. The molecule has 1 unspecified atom stereocenters. The van der Waals surface area contributed by atoms with Crippen LogP contribution in [0, 0.1) is 5.92 Å². The first-order valence-electron chi connectivity index (χ1n) is 7.37. The summed E-state index contributed by atoms with van der Waals surface area (Å²) in [5, 5.41) is 4.20. The number of fused-ring (bicyclic) bond motifs is 1. The molecule has 1 amide bonds. The van der Waals surface area contributed by atoms with Crippen LogP contribution < -0.4 is 5.32 Å². The molecule has 0 radical (unpaired) electrons. The molecule has 106 valence electrons. The molecule has 1 aliphatic rings. The SMILES string of the molecule is CC(CNC(=O)C1CCCC1)c1nc2ccccc2s1. The summed E-state index contributed by atoms with van der Waals surface area (Å²) in [6, 6.07) is 8.19. The first-order valence-corrected chi connectivity index (χ1v) is 8.19. The van der Waals surface area contributed by atoms with Crippen molar-refractivity contribution in [1.82, 2.24) is 10.3 Å². The fourth-order valence-electron chi connectivity index (χ4n) is 2.77. The largest absolute Gasteiger partial charge is 0.355 e. The topological polar surface area (TPSA) is 42.0 Å². The highest BCUT2D eigenvalue weighted by molar-refractivity contribution is 7.18. The maximum absolute atomic E-state index is 12.0. The second kappa shape index (κ2) is 5.92. The van der Waals surface area contributed by atoms with Crippen LogP contribution >= 0.6 is 11.3 Å². The lowest BCUT2D eigenvalue weighted by Crippen LogP contribution is -2.32. The van der Waals surface area contributed by atoms with E-state index in [0.29, 0.717) is 6.54 Å². The molecular weight excluding hydrogens is 268 g/mol. The zero-order valence-electron chi connectivity index (χ0n) is 11.8. The number of hydrogen-bond acceptors (Lipinski definition) is 3. The average molecular weight is 288 g/mol. The second-order valence-corrected chi connectivity index (χ2v) is 6.71. The van der Waals surface area contributed by atoms with Gasteiger partial charge in [0.05, 0.1) is 15.2 Å². The van der Waals surface area contributed by atoms with E-state index in [2.05, 4.69) is 23.3 Å². The number of para-hydroxylation sites is 1. The number of benzene rings is 1. The standard InChI is InChI=1S/C16H20N2OS/c1-11(10-17-15(19)12-6-2-3-7-12)16-18-13-8-4-5-9-14(13)20-16/h4-5,8-9,11-12H,2-3,6-7,10H2,1H3,(H,17,19). The minimum absolute atomic E-state index is 0.232. The van der Waals surface area contributed by atoms with Gasteiger partial charge in [0.2, 0.25) is 5.91 Å². The number of carbonyl (C=O) groups excluding carboxylic acids is 1. The van der Waals surface area contributed by atoms with Gasteiger partial charge in [-0.05, 0) is 25.0 Å². The van der Waals surface area contributed by atoms with Gasteiger partial charge in [-0.25, -0.2) is 4.98 Å². The number of nitrogens with one attached hydrogen (secondary N) is 1. The Labute approximate surface area is 123 Å². The Bertz CT molecular complexity index is 568. The first-order chi connectivity index (χ1) is 9.74. The summed E-state index contributed by atoms with van der Waals surface area (Å²) in [5.41, 5.74) is 1.06. The van der Waals surface area contributed by atoms with Crippen LogP contribution in [0.2, 0.25) is 0 Å². The smallest absolute Gasteiger partial charge is 0.223 e. The molecule has 1 fully saturated rings. The molecule has 4 heteroatoms. The molecule has 2 aromatic rings. The number of aromatic nitrogens is 1. The zero-order chi connectivity index (χ0) is 13.9. The van der Waals surface area contributed by atoms with E-state index in [1.165, 1.54) is 17.5 Å². The minimum Gasteiger partial charge on any atom is -0.355 e. The van der Waals surface area contributed by atoms with Crippen LogP contribution in [0.5, 0.6) is 0 Å². The highest BCUT2D eigenvalue weighted by Gasteiger charge is 2.23. The predicted octanol–water partition coefficient (Wildman–Crippen LogP) is 3.71. The van der Waals surface area contributed by atoms with Crippen molar-refractivity contribution in [3.8, 4) is 0 Å². The first kappa shape index (κ1) is 13.6. The van der Waals surface area contributed by atoms with Crippen LogP contribution in [0.25, 0.3) is 10.2 Å². The van der Waals surface area contributed by atoms with Gasteiger partial charge in [0.25, 0.3) is 0 Å². The van der Waals surface area contributed by atoms with Crippen molar-refractivity contribution in [2.45, 2.75) is 38.5 Å². The van der Waals surface area contributed by atoms with Crippen molar-refractivity contribution in [2.24, 2.45) is 5.92 Å². The van der Waals surface area contributed by atoms with Gasteiger partial charge in [-0.1, -0.05) is 31.9 Å². The molecule has 0 spiro atoms. The summed E-state index contributed by atoms with van der Waals surface area (Å²) >= 11 is 1.73. The van der Waals surface area contributed by atoms with Crippen molar-refractivity contribution >= 4 is 27.5 Å². The lowest BCUT2D eigenvalue weighted by Gasteiger charge is -2.13. The van der Waals surface area contributed by atoms with Crippen LogP contribution in [0.3, 0.4) is 0 Å². The third kappa shape index (κ3) is 2.85. The van der Waals surface area contributed by atoms with Gasteiger partial charge in [-0.15, -0.1) is 11.3 Å². The minimum atomic E-state index is 0.232. The van der Waals surface area contributed by atoms with Crippen LogP contribution in [-0.2, 0) is 4.79 Å². The monoisotopic (exact) mass is 288 g/mol. The molecule has 1 aliphatic carbocycles. The molecule has 3 rings (SSSR count). The molecule has 1 heterocycles. The Kier molecular flexibility index (Phi) is 4.01. The average Bonchev–Trinajstić information content (AvgIpc) is 3.12. The van der Waals surface area contributed by atoms with Crippen molar-refractivity contribution in [3.05, 3.63) is 29.3 Å². The number of amides is 1. The van der Waals surface area contributed by atoms with Gasteiger partial charge in [0.1, 0.15) is 0 Å². The third-order valence-corrected chi connectivity index (χ3v) is 5.31. The van der Waals surface area contributed by atoms with Gasteiger partial charge in [-0.3, -0.25) is 4.79 Å². The van der Waals surface area contributed by atoms with E-state index in [9.17, 15) is 4.79 Å². The Morgan fingerprint density at radius 2 is 2.15 bits per heavy atom. The predicted molar refractivity (Wildman–Crippen MR) is 83.0 cm³/mol. The lowest BCUT2D eigenvalue weighted by molar-refractivity contribution is -0.124. The number of hydrogen-bond donors (Lipinski definition) is 1. The maximum Gasteiger partial charge on any atom is 0.223 e. The zero-order valence-corrected chi connectivity index (χ0v) is 12.6. The van der Waals surface area contributed by atoms with E-state index in [1.54, 1.807) is 11.3 Å². The van der Waals surface area contributed by atoms with Crippen LogP contribution in [0.1, 0.15) is 43.5 Å². The summed E-state index contributed by atoms with van der Waals surface area (Å²) in [5.74, 6) is 0.755. The number of rotatable bonds is 4. The molecule has 1 saturated carbocycles. The molecule has 20 heavy (non-hydrogen) atoms. The molecule has 3 nitrogen and oxygen atoms in total. The number of nitrogens with zero attached hydrogens (tertiary/aromatic N) is 1. The molecule has 1 atom stereocenters. The van der Waals surface area contributed by atoms with E-state index in [0.717, 1.165) is 23.4 Å². The fourth-order valence-corrected chi connectivity index (χ4v) is 3.79. The lowest BCUT2D eigenvalue weighted by atomic mass is 10.1. The van der Waals surface area contributed by atoms with Crippen molar-refractivity contribution in [3.63, 3.8) is 0 Å². The highest BCUT2D eigenvalue weighted by atomic mass is 32.1. The van der Waals surface area contributed by atoms with Crippen LogP contribution in [0.4, 0.5) is 0 Å². The van der Waals surface area contributed by atoms with Crippen molar-refractivity contribution in [2.75, 3.05) is 6.54 Å². The van der Waals surface area contributed by atoms with E-state index >= 15 is 0 Å². The summed E-state index contributed by atoms with van der Waals surface area (Å²) < 4.78 is 1.22. The molecule has 0 bridgehead atoms. The quantitative estimate of drug-likeness (QED) is 0.932. The third-order valence-electron chi connectivity index (χ3n) is 4.04. The number of thiazole rings is 1. The van der Waals surface area contributed by atoms with Crippen molar-refractivity contribution in [1.29, 1.82) is 0 Å². The van der Waals surface area contributed by atoms with Gasteiger partial charge >= 0.3 is 0 Å². The molecule has 0 saturated heterocycles. The van der Waals surface area contributed by atoms with E-state index in [4.69, 9.17) is 0 Å². The molecule has 1 N–H and O–H groups in total. The van der Waals surface area contributed by atoms with E-state index in [1.807, 2.05) is 18.2 Å². The summed E-state index contributed by atoms with van der Waals surface area (Å²) in [6.45, 7) is 2.82. The Hall–Kier alpha value is -1.42. The fraction of sp³-hybridized carbons (Fsp3) is 0.500. The van der Waals surface area contributed by atoms with Crippen LogP contribution in [-0.4, -0.2) is 17.4 Å². The summed E-state index contributed by atoms with van der Waals surface area (Å²) in [7, 11) is 0. The van der Waals surface area contributed by atoms with Gasteiger partial charge in [0.15, 0.2) is 0 Å². The molecule has 1 aromatic carbocycles. The van der Waals surface area contributed by atoms with Crippen LogP contribution in [0.15, 0.2) is 24.3 Å². The summed E-state index contributed by atoms with van der Waals surface area (Å²) in [4.78, 5) is 16.7. The summed E-state index contributed by atoms with van der Waals surface area (Å²) in [6.07, 6.45) is 4.51. The molecular formula is C16H20N2OS. The maximum atomic E-state index is 12.0. The highest BCUT2D eigenvalue weighted by Crippen LogP contribution is 2.28. The normalized spacial score (nSPS) is 17.4. The number of carbonyl (C=O) groups is 1. The second-order valence-electron chi connectivity index (χ2n) is 5.65. The van der Waals surface area contributed by atoms with Gasteiger partial charge < -0.3 is 5.32 Å². The molecule has 0 aliphatic heterocycles. The van der Waals surface area contributed by atoms with E-state index in [-0.39, 0.29) is 17.7 Å². The Morgan fingerprint density at radius 1 is 1.40 bits per heavy atom. The van der Waals surface area contributed by atoms with Gasteiger partial charge in [-0.2, -0.15) is 0 Å². The van der Waals surface area contributed by atoms with Crippen molar-refractivity contribution < 1.29 is 4.79 Å². The van der Waals surface area contributed by atoms with E-state index < -0.39 is 0 Å². The molecule has 1 aromatic heterocycles. The van der Waals surface area contributed by atoms with Gasteiger partial charge in [0, 0.05) is 18.4 Å².